The Morgan fingerprint density at radius 2 is 2.25 bits per heavy atom. The van der Waals surface area contributed by atoms with Crippen molar-refractivity contribution in [2.24, 2.45) is 5.73 Å². The zero-order valence-corrected chi connectivity index (χ0v) is 12.6. The molecule has 0 amide bonds. The number of aryl methyl sites for hydroxylation is 1. The Hall–Kier alpha value is -1.52. The molecule has 5 heteroatoms. The quantitative estimate of drug-likeness (QED) is 0.891. The van der Waals surface area contributed by atoms with Crippen molar-refractivity contribution in [3.63, 3.8) is 0 Å². The van der Waals surface area contributed by atoms with Crippen molar-refractivity contribution in [2.45, 2.75) is 32.9 Å². The van der Waals surface area contributed by atoms with E-state index < -0.39 is 0 Å². The van der Waals surface area contributed by atoms with Crippen LogP contribution in [0.25, 0.3) is 0 Å². The SMILES string of the molecule is Cc1nccn1CCOc1cccc(Cl)c1CC(C)N. The van der Waals surface area contributed by atoms with Gasteiger partial charge in [0.2, 0.25) is 0 Å². The summed E-state index contributed by atoms with van der Waals surface area (Å²) in [6, 6.07) is 5.74. The Labute approximate surface area is 124 Å². The van der Waals surface area contributed by atoms with Crippen molar-refractivity contribution >= 4 is 11.6 Å². The predicted molar refractivity (Wildman–Crippen MR) is 81.3 cm³/mol. The minimum atomic E-state index is 0.0492. The number of aromatic nitrogens is 2. The highest BCUT2D eigenvalue weighted by molar-refractivity contribution is 6.31. The molecule has 0 saturated carbocycles. The van der Waals surface area contributed by atoms with E-state index in [4.69, 9.17) is 22.1 Å². The standard InChI is InChI=1S/C15H20ClN3O/c1-11(17)10-13-14(16)4-3-5-15(13)20-9-8-19-7-6-18-12(19)2/h3-7,11H,8-10,17H2,1-2H3. The van der Waals surface area contributed by atoms with Crippen LogP contribution >= 0.6 is 11.6 Å². The van der Waals surface area contributed by atoms with Crippen molar-refractivity contribution < 1.29 is 4.74 Å². The van der Waals surface area contributed by atoms with Gasteiger partial charge in [0.15, 0.2) is 0 Å². The molecule has 0 spiro atoms. The van der Waals surface area contributed by atoms with Gasteiger partial charge in [-0.3, -0.25) is 0 Å². The lowest BCUT2D eigenvalue weighted by atomic mass is 10.1. The fourth-order valence-corrected chi connectivity index (χ4v) is 2.33. The van der Waals surface area contributed by atoms with Crippen LogP contribution in [0.15, 0.2) is 30.6 Å². The second-order valence-electron chi connectivity index (χ2n) is 4.91. The molecule has 0 aliphatic heterocycles. The van der Waals surface area contributed by atoms with E-state index in [-0.39, 0.29) is 6.04 Å². The second kappa shape index (κ2) is 6.77. The minimum absolute atomic E-state index is 0.0492. The molecule has 2 aromatic rings. The number of nitrogens with zero attached hydrogens (tertiary/aromatic N) is 2. The summed E-state index contributed by atoms with van der Waals surface area (Å²) in [5, 5.41) is 0.707. The lowest BCUT2D eigenvalue weighted by Crippen LogP contribution is -2.19. The first-order valence-corrected chi connectivity index (χ1v) is 7.09. The van der Waals surface area contributed by atoms with Crippen LogP contribution in [0.5, 0.6) is 5.75 Å². The summed E-state index contributed by atoms with van der Waals surface area (Å²) in [7, 11) is 0. The van der Waals surface area contributed by atoms with E-state index in [1.165, 1.54) is 0 Å². The van der Waals surface area contributed by atoms with Gasteiger partial charge in [0.1, 0.15) is 18.2 Å². The van der Waals surface area contributed by atoms with E-state index in [0.29, 0.717) is 18.1 Å². The third-order valence-electron chi connectivity index (χ3n) is 3.12. The van der Waals surface area contributed by atoms with Gasteiger partial charge < -0.3 is 15.0 Å². The third kappa shape index (κ3) is 3.74. The molecule has 2 N–H and O–H groups in total. The van der Waals surface area contributed by atoms with Crippen molar-refractivity contribution in [1.82, 2.24) is 9.55 Å². The first-order valence-electron chi connectivity index (χ1n) is 6.71. The molecule has 4 nitrogen and oxygen atoms in total. The maximum absolute atomic E-state index is 6.23. The van der Waals surface area contributed by atoms with Crippen molar-refractivity contribution in [3.05, 3.63) is 47.0 Å². The normalized spacial score (nSPS) is 12.4. The first kappa shape index (κ1) is 14.9. The topological polar surface area (TPSA) is 53.1 Å². The van der Waals surface area contributed by atoms with Crippen LogP contribution in [0.3, 0.4) is 0 Å². The van der Waals surface area contributed by atoms with Gasteiger partial charge in [0.25, 0.3) is 0 Å². The molecule has 20 heavy (non-hydrogen) atoms. The van der Waals surface area contributed by atoms with Crippen molar-refractivity contribution in [3.8, 4) is 5.75 Å². The molecule has 0 aliphatic carbocycles. The summed E-state index contributed by atoms with van der Waals surface area (Å²) in [6.07, 6.45) is 4.44. The molecule has 1 heterocycles. The number of benzene rings is 1. The van der Waals surface area contributed by atoms with E-state index in [0.717, 1.165) is 23.7 Å². The molecule has 1 unspecified atom stereocenters. The van der Waals surface area contributed by atoms with Crippen molar-refractivity contribution in [2.75, 3.05) is 6.61 Å². The van der Waals surface area contributed by atoms with E-state index >= 15 is 0 Å². The average Bonchev–Trinajstić information content (AvgIpc) is 2.79. The van der Waals surface area contributed by atoms with Crippen LogP contribution in [-0.4, -0.2) is 22.2 Å². The first-order chi connectivity index (χ1) is 9.58. The number of nitrogens with two attached hydrogens (primary N) is 1. The Balaban J connectivity index is 2.02. The van der Waals surface area contributed by atoms with Gasteiger partial charge in [-0.05, 0) is 32.4 Å². The molecule has 0 radical (unpaired) electrons. The van der Waals surface area contributed by atoms with Gasteiger partial charge >= 0.3 is 0 Å². The van der Waals surface area contributed by atoms with Crippen LogP contribution in [0.4, 0.5) is 0 Å². The molecule has 0 saturated heterocycles. The molecule has 1 aromatic carbocycles. The smallest absolute Gasteiger partial charge is 0.124 e. The Morgan fingerprint density at radius 1 is 1.45 bits per heavy atom. The summed E-state index contributed by atoms with van der Waals surface area (Å²) in [5.74, 6) is 1.79. The summed E-state index contributed by atoms with van der Waals surface area (Å²) < 4.78 is 7.91. The van der Waals surface area contributed by atoms with Gasteiger partial charge in [0, 0.05) is 29.0 Å². The largest absolute Gasteiger partial charge is 0.491 e. The summed E-state index contributed by atoms with van der Waals surface area (Å²) in [4.78, 5) is 4.18. The van der Waals surface area contributed by atoms with E-state index in [1.807, 2.05) is 38.2 Å². The molecule has 2 rings (SSSR count). The lowest BCUT2D eigenvalue weighted by molar-refractivity contribution is 0.293. The number of rotatable bonds is 6. The zero-order chi connectivity index (χ0) is 14.5. The summed E-state index contributed by atoms with van der Waals surface area (Å²) in [6.45, 7) is 5.27. The molecule has 108 valence electrons. The number of ether oxygens (including phenoxy) is 1. The van der Waals surface area contributed by atoms with Gasteiger partial charge in [-0.2, -0.15) is 0 Å². The van der Waals surface area contributed by atoms with E-state index in [1.54, 1.807) is 6.20 Å². The fourth-order valence-electron chi connectivity index (χ4n) is 2.09. The maximum Gasteiger partial charge on any atom is 0.124 e. The minimum Gasteiger partial charge on any atom is -0.491 e. The monoisotopic (exact) mass is 293 g/mol. The zero-order valence-electron chi connectivity index (χ0n) is 11.8. The van der Waals surface area contributed by atoms with Crippen LogP contribution in [0, 0.1) is 6.92 Å². The average molecular weight is 294 g/mol. The number of halogens is 1. The predicted octanol–water partition coefficient (Wildman–Crippen LogP) is 2.81. The Kier molecular flexibility index (Phi) is 5.04. The van der Waals surface area contributed by atoms with Gasteiger partial charge in [-0.15, -0.1) is 0 Å². The van der Waals surface area contributed by atoms with Crippen LogP contribution in [0.1, 0.15) is 18.3 Å². The third-order valence-corrected chi connectivity index (χ3v) is 3.47. The second-order valence-corrected chi connectivity index (χ2v) is 5.32. The number of imidazole rings is 1. The lowest BCUT2D eigenvalue weighted by Gasteiger charge is -2.15. The number of hydrogen-bond acceptors (Lipinski definition) is 3. The van der Waals surface area contributed by atoms with Gasteiger partial charge in [0.05, 0.1) is 6.54 Å². The fraction of sp³-hybridized carbons (Fsp3) is 0.400. The van der Waals surface area contributed by atoms with Crippen LogP contribution in [0.2, 0.25) is 5.02 Å². The molecule has 0 fully saturated rings. The van der Waals surface area contributed by atoms with Crippen LogP contribution < -0.4 is 10.5 Å². The van der Waals surface area contributed by atoms with E-state index in [2.05, 4.69) is 9.55 Å². The summed E-state index contributed by atoms with van der Waals surface area (Å²) >= 11 is 6.23. The highest BCUT2D eigenvalue weighted by Gasteiger charge is 2.10. The molecule has 0 aliphatic rings. The van der Waals surface area contributed by atoms with Gasteiger partial charge in [-0.1, -0.05) is 17.7 Å². The Morgan fingerprint density at radius 3 is 2.90 bits per heavy atom. The highest BCUT2D eigenvalue weighted by atomic mass is 35.5. The number of hydrogen-bond donors (Lipinski definition) is 1. The van der Waals surface area contributed by atoms with Crippen LogP contribution in [-0.2, 0) is 13.0 Å². The molecule has 1 atom stereocenters. The molecular weight excluding hydrogens is 274 g/mol. The highest BCUT2D eigenvalue weighted by Crippen LogP contribution is 2.27. The maximum atomic E-state index is 6.23. The van der Waals surface area contributed by atoms with E-state index in [9.17, 15) is 0 Å². The molecular formula is C15H20ClN3O. The summed E-state index contributed by atoms with van der Waals surface area (Å²) in [5.41, 5.74) is 6.84. The Bertz CT molecular complexity index is 566. The van der Waals surface area contributed by atoms with Gasteiger partial charge in [-0.25, -0.2) is 4.98 Å². The van der Waals surface area contributed by atoms with Crippen molar-refractivity contribution in [1.29, 1.82) is 0 Å². The molecule has 1 aromatic heterocycles. The molecule has 0 bridgehead atoms.